The Hall–Kier alpha value is -2.27. The molecule has 0 amide bonds. The van der Waals surface area contributed by atoms with Gasteiger partial charge < -0.3 is 15.4 Å². The molecule has 2 aromatic rings. The van der Waals surface area contributed by atoms with Crippen molar-refractivity contribution in [1.29, 1.82) is 0 Å². The number of anilines is 1. The predicted octanol–water partition coefficient (Wildman–Crippen LogP) is 4.02. The molecule has 6 heteroatoms. The summed E-state index contributed by atoms with van der Waals surface area (Å²) in [5, 5.41) is 8.39. The molecule has 2 aromatic carbocycles. The van der Waals surface area contributed by atoms with Crippen LogP contribution in [0.15, 0.2) is 48.0 Å². The van der Waals surface area contributed by atoms with E-state index in [9.17, 15) is 9.59 Å². The van der Waals surface area contributed by atoms with Crippen LogP contribution in [0.2, 0.25) is 0 Å². The number of hydrogen-bond acceptors (Lipinski definition) is 6. The zero-order valence-corrected chi connectivity index (χ0v) is 16.6. The molecule has 0 aliphatic carbocycles. The molecule has 142 valence electrons. The number of benzene rings is 2. The minimum atomic E-state index is -0.545. The van der Waals surface area contributed by atoms with Crippen molar-refractivity contribution in [2.75, 3.05) is 18.4 Å². The standard InChI is InChI=1S/C21H24N2O3S/c1-21(2,3)26-20(25)27-19-12-23-18(16(19)13-24)11-22-17-10-6-8-14-7-4-5-9-15(14)17/h4-10,18-19,22-23H,11-12H2,1-3H3. The lowest BCUT2D eigenvalue weighted by atomic mass is 10.1. The number of carbonyl (C=O) groups is 1. The van der Waals surface area contributed by atoms with Crippen LogP contribution in [0.5, 0.6) is 0 Å². The van der Waals surface area contributed by atoms with Crippen LogP contribution in [-0.4, -0.2) is 41.2 Å². The monoisotopic (exact) mass is 384 g/mol. The highest BCUT2D eigenvalue weighted by molar-refractivity contribution is 8.14. The molecular weight excluding hydrogens is 360 g/mol. The van der Waals surface area contributed by atoms with Gasteiger partial charge in [-0.25, -0.2) is 9.59 Å². The number of fused-ring (bicyclic) bond motifs is 1. The van der Waals surface area contributed by atoms with Gasteiger partial charge in [0.05, 0.1) is 11.3 Å². The van der Waals surface area contributed by atoms with Crippen molar-refractivity contribution >= 4 is 39.5 Å². The van der Waals surface area contributed by atoms with Gasteiger partial charge >= 0.3 is 5.30 Å². The van der Waals surface area contributed by atoms with E-state index in [2.05, 4.69) is 28.8 Å². The van der Waals surface area contributed by atoms with Crippen LogP contribution in [0, 0.1) is 0 Å². The van der Waals surface area contributed by atoms with Crippen LogP contribution in [0.1, 0.15) is 20.8 Å². The minimum Gasteiger partial charge on any atom is -0.452 e. The molecule has 0 saturated carbocycles. The van der Waals surface area contributed by atoms with Gasteiger partial charge in [-0.3, -0.25) is 0 Å². The summed E-state index contributed by atoms with van der Waals surface area (Å²) in [5.74, 6) is 2.04. The van der Waals surface area contributed by atoms with E-state index in [0.29, 0.717) is 18.7 Å². The van der Waals surface area contributed by atoms with E-state index in [4.69, 9.17) is 4.74 Å². The van der Waals surface area contributed by atoms with Crippen LogP contribution in [0.3, 0.4) is 0 Å². The Morgan fingerprint density at radius 1 is 1.26 bits per heavy atom. The van der Waals surface area contributed by atoms with Crippen LogP contribution in [-0.2, 0) is 9.53 Å². The normalized spacial score (nSPS) is 19.7. The summed E-state index contributed by atoms with van der Waals surface area (Å²) in [6.45, 7) is 6.56. The van der Waals surface area contributed by atoms with Crippen LogP contribution in [0.4, 0.5) is 10.5 Å². The molecule has 2 N–H and O–H groups in total. The molecule has 0 bridgehead atoms. The highest BCUT2D eigenvalue weighted by Crippen LogP contribution is 2.29. The number of thioether (sulfide) groups is 1. The van der Waals surface area contributed by atoms with Crippen LogP contribution in [0.25, 0.3) is 10.8 Å². The van der Waals surface area contributed by atoms with E-state index < -0.39 is 5.60 Å². The van der Waals surface area contributed by atoms with Gasteiger partial charge in [-0.05, 0) is 44.0 Å². The van der Waals surface area contributed by atoms with E-state index >= 15 is 0 Å². The summed E-state index contributed by atoms with van der Waals surface area (Å²) in [6.07, 6.45) is 0. The third-order valence-electron chi connectivity index (χ3n) is 4.30. The molecule has 2 atom stereocenters. The van der Waals surface area contributed by atoms with Crippen molar-refractivity contribution < 1.29 is 14.3 Å². The molecule has 5 nitrogen and oxygen atoms in total. The molecule has 1 aliphatic heterocycles. The topological polar surface area (TPSA) is 67.4 Å². The summed E-state index contributed by atoms with van der Waals surface area (Å²) in [7, 11) is 0. The Labute approximate surface area is 163 Å². The molecular formula is C21H24N2O3S. The fourth-order valence-corrected chi connectivity index (χ4v) is 4.15. The van der Waals surface area contributed by atoms with Crippen molar-refractivity contribution in [1.82, 2.24) is 5.32 Å². The van der Waals surface area contributed by atoms with Crippen LogP contribution < -0.4 is 10.6 Å². The van der Waals surface area contributed by atoms with Gasteiger partial charge in [-0.2, -0.15) is 0 Å². The van der Waals surface area contributed by atoms with E-state index in [1.807, 2.05) is 51.0 Å². The Bertz CT molecular complexity index is 879. The van der Waals surface area contributed by atoms with Crippen LogP contribution >= 0.6 is 11.8 Å². The molecule has 0 aromatic heterocycles. The Morgan fingerprint density at radius 3 is 2.74 bits per heavy atom. The maximum atomic E-state index is 12.1. The lowest BCUT2D eigenvalue weighted by Crippen LogP contribution is -2.30. The lowest BCUT2D eigenvalue weighted by molar-refractivity contribution is 0.0737. The first kappa shape index (κ1) is 19.5. The van der Waals surface area contributed by atoms with E-state index in [1.54, 1.807) is 0 Å². The lowest BCUT2D eigenvalue weighted by Gasteiger charge is -2.20. The van der Waals surface area contributed by atoms with Crippen molar-refractivity contribution in [2.24, 2.45) is 0 Å². The van der Waals surface area contributed by atoms with Crippen molar-refractivity contribution in [2.45, 2.75) is 37.7 Å². The smallest absolute Gasteiger partial charge is 0.368 e. The second-order valence-electron chi connectivity index (χ2n) is 7.50. The van der Waals surface area contributed by atoms with Crippen molar-refractivity contribution in [3.63, 3.8) is 0 Å². The second kappa shape index (κ2) is 8.17. The maximum Gasteiger partial charge on any atom is 0.368 e. The van der Waals surface area contributed by atoms with Gasteiger partial charge in [0.1, 0.15) is 11.5 Å². The first-order chi connectivity index (χ1) is 12.9. The van der Waals surface area contributed by atoms with Gasteiger partial charge in [0.25, 0.3) is 0 Å². The van der Waals surface area contributed by atoms with E-state index in [1.165, 1.54) is 0 Å². The number of carbonyl (C=O) groups excluding carboxylic acids is 2. The number of nitrogens with one attached hydrogen (secondary N) is 2. The zero-order chi connectivity index (χ0) is 19.4. The minimum absolute atomic E-state index is 0.165. The highest BCUT2D eigenvalue weighted by Gasteiger charge is 2.34. The van der Waals surface area contributed by atoms with Gasteiger partial charge in [0, 0.05) is 29.7 Å². The van der Waals surface area contributed by atoms with Gasteiger partial charge in [-0.15, -0.1) is 0 Å². The first-order valence-electron chi connectivity index (χ1n) is 8.97. The third-order valence-corrected chi connectivity index (χ3v) is 5.28. The largest absolute Gasteiger partial charge is 0.452 e. The summed E-state index contributed by atoms with van der Waals surface area (Å²) < 4.78 is 5.34. The van der Waals surface area contributed by atoms with Crippen molar-refractivity contribution in [3.05, 3.63) is 48.0 Å². The molecule has 1 fully saturated rings. The molecule has 1 saturated heterocycles. The molecule has 2 unspecified atom stereocenters. The summed E-state index contributed by atoms with van der Waals surface area (Å²) in [4.78, 5) is 23.6. The Morgan fingerprint density at radius 2 is 2.00 bits per heavy atom. The maximum absolute atomic E-state index is 12.1. The molecule has 3 rings (SSSR count). The fourth-order valence-electron chi connectivity index (χ4n) is 3.10. The average Bonchev–Trinajstić information content (AvgIpc) is 2.99. The Kier molecular flexibility index (Phi) is 5.90. The molecule has 0 spiro atoms. The van der Waals surface area contributed by atoms with Gasteiger partial charge in [0.2, 0.25) is 0 Å². The molecule has 1 heterocycles. The highest BCUT2D eigenvalue weighted by atomic mass is 32.2. The fraction of sp³-hybridized carbons (Fsp3) is 0.381. The summed E-state index contributed by atoms with van der Waals surface area (Å²) >= 11 is 1.04. The summed E-state index contributed by atoms with van der Waals surface area (Å²) in [6, 6.07) is 14.1. The summed E-state index contributed by atoms with van der Waals surface area (Å²) in [5.41, 5.74) is 1.04. The number of rotatable bonds is 4. The number of hydrogen-bond donors (Lipinski definition) is 2. The zero-order valence-electron chi connectivity index (χ0n) is 15.7. The predicted molar refractivity (Wildman–Crippen MR) is 111 cm³/mol. The quantitative estimate of drug-likeness (QED) is 0.613. The molecule has 27 heavy (non-hydrogen) atoms. The van der Waals surface area contributed by atoms with E-state index in [-0.39, 0.29) is 16.6 Å². The number of ether oxygens (including phenoxy) is 1. The third kappa shape index (κ3) is 4.92. The molecule has 1 aliphatic rings. The Balaban J connectivity index is 1.64. The second-order valence-corrected chi connectivity index (χ2v) is 8.63. The van der Waals surface area contributed by atoms with Gasteiger partial charge in [-0.1, -0.05) is 36.4 Å². The van der Waals surface area contributed by atoms with E-state index in [0.717, 1.165) is 28.2 Å². The first-order valence-corrected chi connectivity index (χ1v) is 9.85. The van der Waals surface area contributed by atoms with Gasteiger partial charge in [0.15, 0.2) is 0 Å². The SMILES string of the molecule is CC(C)(C)OC(=O)SC1CNC(CNc2cccc3ccccc23)C1=C=O. The molecule has 0 radical (unpaired) electrons. The van der Waals surface area contributed by atoms with Crippen molar-refractivity contribution in [3.8, 4) is 0 Å². The average molecular weight is 385 g/mol.